The van der Waals surface area contributed by atoms with Gasteiger partial charge >= 0.3 is 6.16 Å². The quantitative estimate of drug-likeness (QED) is 0.454. The molecular formula is C15H16O3. The Labute approximate surface area is 107 Å². The molecule has 0 radical (unpaired) electrons. The van der Waals surface area contributed by atoms with E-state index in [-0.39, 0.29) is 12.0 Å². The topological polar surface area (TPSA) is 35.5 Å². The molecule has 0 aromatic heterocycles. The molecule has 1 fully saturated rings. The summed E-state index contributed by atoms with van der Waals surface area (Å²) >= 11 is 0. The Bertz CT molecular complexity index is 433. The third-order valence-corrected chi connectivity index (χ3v) is 3.11. The van der Waals surface area contributed by atoms with Crippen molar-refractivity contribution < 1.29 is 14.3 Å². The summed E-state index contributed by atoms with van der Waals surface area (Å²) < 4.78 is 10.4. The Morgan fingerprint density at radius 2 is 1.94 bits per heavy atom. The summed E-state index contributed by atoms with van der Waals surface area (Å²) in [5.74, 6) is 3.19. The van der Waals surface area contributed by atoms with Gasteiger partial charge in [-0.1, -0.05) is 30.5 Å². The summed E-state index contributed by atoms with van der Waals surface area (Å²) in [5.41, 5.74) is 0. The molecule has 0 bridgehead atoms. The fourth-order valence-electron chi connectivity index (χ4n) is 2.16. The highest BCUT2D eigenvalue weighted by molar-refractivity contribution is 5.64. The van der Waals surface area contributed by atoms with Crippen LogP contribution in [0.2, 0.25) is 0 Å². The number of ether oxygens (including phenoxy) is 2. The molecule has 0 spiro atoms. The zero-order valence-corrected chi connectivity index (χ0v) is 10.2. The highest BCUT2D eigenvalue weighted by atomic mass is 16.7. The van der Waals surface area contributed by atoms with E-state index in [2.05, 4.69) is 5.92 Å². The van der Waals surface area contributed by atoms with Crippen molar-refractivity contribution in [3.63, 3.8) is 0 Å². The molecule has 1 aromatic rings. The summed E-state index contributed by atoms with van der Waals surface area (Å²) in [5, 5.41) is 0. The molecule has 0 unspecified atom stereocenters. The largest absolute Gasteiger partial charge is 0.514 e. The number of terminal acetylenes is 1. The van der Waals surface area contributed by atoms with Gasteiger partial charge in [0.1, 0.15) is 11.9 Å². The highest BCUT2D eigenvalue weighted by Crippen LogP contribution is 2.26. The zero-order valence-electron chi connectivity index (χ0n) is 10.2. The van der Waals surface area contributed by atoms with Crippen LogP contribution in [0, 0.1) is 18.3 Å². The zero-order chi connectivity index (χ0) is 12.8. The van der Waals surface area contributed by atoms with Gasteiger partial charge in [0.2, 0.25) is 0 Å². The van der Waals surface area contributed by atoms with Crippen molar-refractivity contribution in [1.29, 1.82) is 0 Å². The van der Waals surface area contributed by atoms with Gasteiger partial charge in [-0.15, -0.1) is 6.42 Å². The molecule has 1 aliphatic rings. The molecular weight excluding hydrogens is 228 g/mol. The summed E-state index contributed by atoms with van der Waals surface area (Å²) in [6, 6.07) is 8.87. The molecule has 1 aliphatic carbocycles. The lowest BCUT2D eigenvalue weighted by Crippen LogP contribution is -2.30. The second-order valence-electron chi connectivity index (χ2n) is 4.38. The molecule has 0 saturated heterocycles. The van der Waals surface area contributed by atoms with E-state index in [1.807, 2.05) is 6.07 Å². The number of benzene rings is 1. The Morgan fingerprint density at radius 1 is 1.22 bits per heavy atom. The predicted octanol–water partition coefficient (Wildman–Crippen LogP) is 3.39. The first-order valence-corrected chi connectivity index (χ1v) is 6.19. The lowest BCUT2D eigenvalue weighted by Gasteiger charge is -2.26. The average Bonchev–Trinajstić information content (AvgIpc) is 2.40. The van der Waals surface area contributed by atoms with Crippen molar-refractivity contribution in [2.75, 3.05) is 0 Å². The third kappa shape index (κ3) is 3.27. The molecule has 94 valence electrons. The number of para-hydroxylation sites is 1. The summed E-state index contributed by atoms with van der Waals surface area (Å²) in [7, 11) is 0. The average molecular weight is 244 g/mol. The van der Waals surface area contributed by atoms with E-state index >= 15 is 0 Å². The Kier molecular flexibility index (Phi) is 4.25. The number of carbonyl (C=O) groups is 1. The van der Waals surface area contributed by atoms with Crippen molar-refractivity contribution in [2.24, 2.45) is 5.92 Å². The molecule has 2 rings (SSSR count). The summed E-state index contributed by atoms with van der Waals surface area (Å²) in [4.78, 5) is 11.6. The van der Waals surface area contributed by atoms with Gasteiger partial charge < -0.3 is 9.47 Å². The second-order valence-corrected chi connectivity index (χ2v) is 4.38. The van der Waals surface area contributed by atoms with Gasteiger partial charge in [-0.05, 0) is 31.4 Å². The number of hydrogen-bond acceptors (Lipinski definition) is 3. The minimum atomic E-state index is -0.673. The van der Waals surface area contributed by atoms with E-state index in [0.29, 0.717) is 5.75 Å². The van der Waals surface area contributed by atoms with Gasteiger partial charge in [0.05, 0.1) is 5.92 Å². The van der Waals surface area contributed by atoms with Gasteiger partial charge in [0.25, 0.3) is 0 Å². The molecule has 1 aromatic carbocycles. The number of rotatable bonds is 2. The van der Waals surface area contributed by atoms with Gasteiger partial charge in [-0.3, -0.25) is 0 Å². The smallest absolute Gasteiger partial charge is 0.429 e. The first-order valence-electron chi connectivity index (χ1n) is 6.19. The van der Waals surface area contributed by atoms with Crippen LogP contribution in [0.1, 0.15) is 25.7 Å². The van der Waals surface area contributed by atoms with Gasteiger partial charge in [-0.2, -0.15) is 0 Å². The third-order valence-electron chi connectivity index (χ3n) is 3.11. The molecule has 0 aliphatic heterocycles. The van der Waals surface area contributed by atoms with E-state index in [4.69, 9.17) is 15.9 Å². The van der Waals surface area contributed by atoms with E-state index in [0.717, 1.165) is 25.7 Å². The maximum atomic E-state index is 11.6. The van der Waals surface area contributed by atoms with E-state index in [1.54, 1.807) is 24.3 Å². The highest BCUT2D eigenvalue weighted by Gasteiger charge is 2.27. The monoisotopic (exact) mass is 244 g/mol. The Hall–Kier alpha value is -1.95. The lowest BCUT2D eigenvalue weighted by atomic mass is 9.87. The maximum absolute atomic E-state index is 11.6. The first-order chi connectivity index (χ1) is 8.79. The van der Waals surface area contributed by atoms with Crippen molar-refractivity contribution in [3.8, 4) is 18.1 Å². The van der Waals surface area contributed by atoms with Crippen LogP contribution < -0.4 is 4.74 Å². The normalized spacial score (nSPS) is 22.8. The molecule has 1 saturated carbocycles. The molecule has 2 atom stereocenters. The fraction of sp³-hybridized carbons (Fsp3) is 0.400. The molecule has 3 heteroatoms. The van der Waals surface area contributed by atoms with Gasteiger partial charge in [-0.25, -0.2) is 4.79 Å². The second kappa shape index (κ2) is 6.11. The first kappa shape index (κ1) is 12.5. The van der Waals surface area contributed by atoms with Crippen LogP contribution in [0.15, 0.2) is 30.3 Å². The summed E-state index contributed by atoms with van der Waals surface area (Å²) in [6.07, 6.45) is 8.44. The van der Waals surface area contributed by atoms with E-state index < -0.39 is 6.16 Å². The van der Waals surface area contributed by atoms with Gasteiger partial charge in [0.15, 0.2) is 0 Å². The number of hydrogen-bond donors (Lipinski definition) is 0. The van der Waals surface area contributed by atoms with Crippen LogP contribution in [0.5, 0.6) is 5.75 Å². The fourth-order valence-corrected chi connectivity index (χ4v) is 2.16. The van der Waals surface area contributed by atoms with E-state index in [9.17, 15) is 4.79 Å². The Morgan fingerprint density at radius 3 is 2.67 bits per heavy atom. The van der Waals surface area contributed by atoms with Crippen molar-refractivity contribution in [2.45, 2.75) is 31.8 Å². The molecule has 3 nitrogen and oxygen atoms in total. The molecule has 0 N–H and O–H groups in total. The van der Waals surface area contributed by atoms with Crippen LogP contribution in [0.3, 0.4) is 0 Å². The Balaban J connectivity index is 1.89. The van der Waals surface area contributed by atoms with Crippen LogP contribution in [0.4, 0.5) is 4.79 Å². The van der Waals surface area contributed by atoms with Crippen LogP contribution in [-0.2, 0) is 4.74 Å². The van der Waals surface area contributed by atoms with Crippen molar-refractivity contribution in [1.82, 2.24) is 0 Å². The summed E-state index contributed by atoms with van der Waals surface area (Å²) in [6.45, 7) is 0. The van der Waals surface area contributed by atoms with Crippen LogP contribution >= 0.6 is 0 Å². The van der Waals surface area contributed by atoms with E-state index in [1.165, 1.54) is 0 Å². The van der Waals surface area contributed by atoms with Crippen LogP contribution in [-0.4, -0.2) is 12.3 Å². The standard InChI is InChI=1S/C15H16O3/c1-2-12-8-6-7-11-14(12)18-15(16)17-13-9-4-3-5-10-13/h1,3-5,9-10,12,14H,6-8,11H2/t12-,14+/m1/s1. The molecule has 0 heterocycles. The van der Waals surface area contributed by atoms with Crippen LogP contribution in [0.25, 0.3) is 0 Å². The number of carbonyl (C=O) groups excluding carboxylic acids is 1. The minimum absolute atomic E-state index is 0.0158. The maximum Gasteiger partial charge on any atom is 0.514 e. The molecule has 18 heavy (non-hydrogen) atoms. The predicted molar refractivity (Wildman–Crippen MR) is 68.1 cm³/mol. The van der Waals surface area contributed by atoms with Crippen molar-refractivity contribution >= 4 is 6.16 Å². The SMILES string of the molecule is C#C[C@@H]1CCCC[C@@H]1OC(=O)Oc1ccccc1. The minimum Gasteiger partial charge on any atom is -0.429 e. The van der Waals surface area contributed by atoms with Gasteiger partial charge in [0, 0.05) is 0 Å². The molecule has 0 amide bonds. The van der Waals surface area contributed by atoms with Crippen molar-refractivity contribution in [3.05, 3.63) is 30.3 Å². The lowest BCUT2D eigenvalue weighted by molar-refractivity contribution is 0.0255.